The van der Waals surface area contributed by atoms with Crippen LogP contribution in [0, 0.1) is 0 Å². The van der Waals surface area contributed by atoms with E-state index in [0.29, 0.717) is 6.04 Å². The summed E-state index contributed by atoms with van der Waals surface area (Å²) in [5, 5.41) is 3.49. The van der Waals surface area contributed by atoms with Gasteiger partial charge in [-0.15, -0.1) is 0 Å². The molecule has 0 spiro atoms. The lowest BCUT2D eigenvalue weighted by molar-refractivity contribution is 0.528. The number of nitrogens with one attached hydrogen (secondary N) is 1. The van der Waals surface area contributed by atoms with Gasteiger partial charge in [-0.1, -0.05) is 18.2 Å². The minimum absolute atomic E-state index is 0.475. The molecule has 0 saturated heterocycles. The smallest absolute Gasteiger partial charge is 0.115 e. The normalized spacial score (nSPS) is 18.2. The summed E-state index contributed by atoms with van der Waals surface area (Å²) < 4.78 is 0. The molecule has 108 valence electrons. The second-order valence-corrected chi connectivity index (χ2v) is 5.46. The Labute approximate surface area is 125 Å². The van der Waals surface area contributed by atoms with Crippen molar-refractivity contribution in [2.24, 2.45) is 4.99 Å². The summed E-state index contributed by atoms with van der Waals surface area (Å²) in [5.41, 5.74) is 5.24. The maximum atomic E-state index is 4.19. The number of aromatic nitrogens is 2. The van der Waals surface area contributed by atoms with E-state index in [1.807, 2.05) is 26.4 Å². The van der Waals surface area contributed by atoms with Crippen LogP contribution in [0.1, 0.15) is 24.5 Å². The minimum atomic E-state index is 0.475. The molecular weight excluding hydrogens is 260 g/mol. The van der Waals surface area contributed by atoms with Crippen molar-refractivity contribution in [3.05, 3.63) is 48.0 Å². The van der Waals surface area contributed by atoms with Gasteiger partial charge in [0.05, 0.1) is 5.84 Å². The number of aliphatic imine (C=N–C) groups is 1. The Kier molecular flexibility index (Phi) is 3.95. The third kappa shape index (κ3) is 2.94. The predicted molar refractivity (Wildman–Crippen MR) is 85.4 cm³/mol. The van der Waals surface area contributed by atoms with Gasteiger partial charge in [-0.05, 0) is 42.9 Å². The first-order chi connectivity index (χ1) is 10.3. The van der Waals surface area contributed by atoms with Crippen LogP contribution < -0.4 is 5.32 Å². The number of fused-ring (bicyclic) bond motifs is 1. The topological polar surface area (TPSA) is 50.2 Å². The highest BCUT2D eigenvalue weighted by atomic mass is 15.0. The van der Waals surface area contributed by atoms with Gasteiger partial charge in [-0.2, -0.15) is 0 Å². The highest BCUT2D eigenvalue weighted by Gasteiger charge is 2.21. The van der Waals surface area contributed by atoms with Crippen molar-refractivity contribution in [2.75, 3.05) is 7.05 Å². The summed E-state index contributed by atoms with van der Waals surface area (Å²) in [6, 6.07) is 7.01. The van der Waals surface area contributed by atoms with Crippen LogP contribution in [0.2, 0.25) is 0 Å². The number of nitrogens with zero attached hydrogens (tertiary/aromatic N) is 3. The molecule has 21 heavy (non-hydrogen) atoms. The van der Waals surface area contributed by atoms with Crippen LogP contribution in [0.25, 0.3) is 11.1 Å². The Morgan fingerprint density at radius 1 is 1.29 bits per heavy atom. The highest BCUT2D eigenvalue weighted by Crippen LogP contribution is 2.31. The van der Waals surface area contributed by atoms with Gasteiger partial charge in [-0.3, -0.25) is 4.99 Å². The van der Waals surface area contributed by atoms with Crippen LogP contribution in [0.4, 0.5) is 0 Å². The van der Waals surface area contributed by atoms with Gasteiger partial charge < -0.3 is 5.32 Å². The van der Waals surface area contributed by atoms with Crippen LogP contribution >= 0.6 is 0 Å². The molecule has 1 atom stereocenters. The van der Waals surface area contributed by atoms with E-state index in [9.17, 15) is 0 Å². The lowest BCUT2D eigenvalue weighted by Gasteiger charge is -2.27. The fourth-order valence-electron chi connectivity index (χ4n) is 3.00. The molecule has 1 heterocycles. The Morgan fingerprint density at radius 2 is 2.10 bits per heavy atom. The summed E-state index contributed by atoms with van der Waals surface area (Å²) >= 11 is 0. The van der Waals surface area contributed by atoms with E-state index in [-0.39, 0.29) is 0 Å². The molecule has 4 nitrogen and oxygen atoms in total. The largest absolute Gasteiger partial charge is 0.371 e. The number of hydrogen-bond acceptors (Lipinski definition) is 3. The van der Waals surface area contributed by atoms with Crippen molar-refractivity contribution < 1.29 is 0 Å². The maximum absolute atomic E-state index is 4.19. The third-order valence-corrected chi connectivity index (χ3v) is 4.10. The van der Waals surface area contributed by atoms with Crippen molar-refractivity contribution >= 4 is 5.84 Å². The number of hydrogen-bond donors (Lipinski definition) is 1. The molecule has 2 aromatic rings. The maximum Gasteiger partial charge on any atom is 0.115 e. The van der Waals surface area contributed by atoms with Crippen molar-refractivity contribution in [1.82, 2.24) is 15.3 Å². The van der Waals surface area contributed by atoms with Gasteiger partial charge in [0, 0.05) is 31.0 Å². The minimum Gasteiger partial charge on any atom is -0.371 e. The fourth-order valence-corrected chi connectivity index (χ4v) is 3.00. The van der Waals surface area contributed by atoms with E-state index in [1.165, 1.54) is 16.7 Å². The first-order valence-corrected chi connectivity index (χ1v) is 7.34. The van der Waals surface area contributed by atoms with Gasteiger partial charge in [-0.25, -0.2) is 9.97 Å². The monoisotopic (exact) mass is 280 g/mol. The molecule has 1 aromatic heterocycles. The number of benzene rings is 1. The van der Waals surface area contributed by atoms with Gasteiger partial charge in [0.1, 0.15) is 6.33 Å². The second kappa shape index (κ2) is 6.04. The Bertz CT molecular complexity index is 649. The standard InChI is InChI=1S/C17H20N4/c1-12(18-2)21-15-6-7-17-13(8-15)4-3-5-16(17)14-9-19-11-20-10-14/h3-5,9-11,15H,6-8H2,1-2H3,(H,18,21). The van der Waals surface area contributed by atoms with E-state index in [0.717, 1.165) is 30.7 Å². The molecule has 1 unspecified atom stereocenters. The SMILES string of the molecule is CN=C(C)NC1CCc2c(cccc2-c2cncnc2)C1. The zero-order chi connectivity index (χ0) is 14.7. The van der Waals surface area contributed by atoms with E-state index in [2.05, 4.69) is 38.5 Å². The Morgan fingerprint density at radius 3 is 2.86 bits per heavy atom. The van der Waals surface area contributed by atoms with Crippen molar-refractivity contribution in [3.8, 4) is 11.1 Å². The predicted octanol–water partition coefficient (Wildman–Crippen LogP) is 2.64. The number of amidine groups is 1. The molecular formula is C17H20N4. The fraction of sp³-hybridized carbons (Fsp3) is 0.353. The van der Waals surface area contributed by atoms with E-state index in [1.54, 1.807) is 6.33 Å². The third-order valence-electron chi connectivity index (χ3n) is 4.10. The molecule has 4 heteroatoms. The zero-order valence-electron chi connectivity index (χ0n) is 12.5. The molecule has 0 bridgehead atoms. The summed E-state index contributed by atoms with van der Waals surface area (Å²) in [7, 11) is 1.83. The lowest BCUT2D eigenvalue weighted by atomic mass is 9.84. The Hall–Kier alpha value is -2.23. The first kappa shape index (κ1) is 13.7. The molecule has 1 aromatic carbocycles. The molecule has 1 aliphatic carbocycles. The summed E-state index contributed by atoms with van der Waals surface area (Å²) in [6.45, 7) is 2.02. The summed E-state index contributed by atoms with van der Waals surface area (Å²) in [6.07, 6.45) is 8.61. The van der Waals surface area contributed by atoms with E-state index in [4.69, 9.17) is 0 Å². The Balaban J connectivity index is 1.88. The zero-order valence-corrected chi connectivity index (χ0v) is 12.5. The van der Waals surface area contributed by atoms with Crippen molar-refractivity contribution in [1.29, 1.82) is 0 Å². The van der Waals surface area contributed by atoms with E-state index >= 15 is 0 Å². The van der Waals surface area contributed by atoms with Crippen molar-refractivity contribution in [2.45, 2.75) is 32.2 Å². The quantitative estimate of drug-likeness (QED) is 0.679. The second-order valence-electron chi connectivity index (χ2n) is 5.46. The van der Waals surface area contributed by atoms with Gasteiger partial charge >= 0.3 is 0 Å². The summed E-state index contributed by atoms with van der Waals surface area (Å²) in [4.78, 5) is 12.5. The molecule has 0 saturated carbocycles. The highest BCUT2D eigenvalue weighted by molar-refractivity contribution is 5.79. The van der Waals surface area contributed by atoms with Gasteiger partial charge in [0.2, 0.25) is 0 Å². The van der Waals surface area contributed by atoms with E-state index < -0.39 is 0 Å². The molecule has 0 fully saturated rings. The molecule has 0 radical (unpaired) electrons. The molecule has 1 aliphatic rings. The average molecular weight is 280 g/mol. The molecule has 3 rings (SSSR count). The van der Waals surface area contributed by atoms with Crippen molar-refractivity contribution in [3.63, 3.8) is 0 Å². The average Bonchev–Trinajstić information content (AvgIpc) is 2.54. The molecule has 0 amide bonds. The van der Waals surface area contributed by atoms with Crippen LogP contribution in [0.3, 0.4) is 0 Å². The van der Waals surface area contributed by atoms with Crippen LogP contribution in [-0.4, -0.2) is 28.9 Å². The first-order valence-electron chi connectivity index (χ1n) is 7.34. The van der Waals surface area contributed by atoms with Gasteiger partial charge in [0.25, 0.3) is 0 Å². The molecule has 0 aliphatic heterocycles. The summed E-state index contributed by atoms with van der Waals surface area (Å²) in [5.74, 6) is 1.01. The molecule has 1 N–H and O–H groups in total. The number of rotatable bonds is 2. The van der Waals surface area contributed by atoms with Crippen LogP contribution in [-0.2, 0) is 12.8 Å². The van der Waals surface area contributed by atoms with Crippen LogP contribution in [0.5, 0.6) is 0 Å². The lowest BCUT2D eigenvalue weighted by Crippen LogP contribution is -2.37. The van der Waals surface area contributed by atoms with Crippen LogP contribution in [0.15, 0.2) is 41.9 Å². The van der Waals surface area contributed by atoms with Gasteiger partial charge in [0.15, 0.2) is 0 Å².